The van der Waals surface area contributed by atoms with Crippen molar-refractivity contribution < 1.29 is 4.39 Å². The van der Waals surface area contributed by atoms with Gasteiger partial charge in [0.15, 0.2) is 0 Å². The van der Waals surface area contributed by atoms with Gasteiger partial charge in [0, 0.05) is 6.54 Å². The maximum Gasteiger partial charge on any atom is 0.146 e. The minimum atomic E-state index is -0.283. The highest BCUT2D eigenvalue weighted by atomic mass is 19.1. The summed E-state index contributed by atoms with van der Waals surface area (Å²) < 4.78 is 13.7. The fraction of sp³-hybridized carbons (Fsp3) is 0.125. The van der Waals surface area contributed by atoms with Crippen LogP contribution in [0.15, 0.2) is 72.7 Å². The molecule has 0 amide bonds. The molecule has 0 saturated heterocycles. The summed E-state index contributed by atoms with van der Waals surface area (Å²) in [5.74, 6) is -0.283. The Balaban J connectivity index is 2.55. The molecule has 1 nitrogen and oxygen atoms in total. The van der Waals surface area contributed by atoms with Crippen molar-refractivity contribution in [3.05, 3.63) is 78.3 Å². The lowest BCUT2D eigenvalue weighted by atomic mass is 10.0. The molecule has 0 unspecified atom stereocenters. The summed E-state index contributed by atoms with van der Waals surface area (Å²) in [7, 11) is 0. The average molecular weight is 241 g/mol. The molecule has 0 bridgehead atoms. The predicted octanol–water partition coefficient (Wildman–Crippen LogP) is 4.29. The molecule has 2 rings (SSSR count). The molecule has 18 heavy (non-hydrogen) atoms. The second-order valence-corrected chi connectivity index (χ2v) is 4.24. The van der Waals surface area contributed by atoms with Crippen molar-refractivity contribution in [2.75, 3.05) is 6.54 Å². The number of halogens is 1. The van der Waals surface area contributed by atoms with Crippen LogP contribution < -0.4 is 0 Å². The highest BCUT2D eigenvalue weighted by molar-refractivity contribution is 5.73. The van der Waals surface area contributed by atoms with E-state index in [4.69, 9.17) is 0 Å². The Kier molecular flexibility index (Phi) is 3.47. The summed E-state index contributed by atoms with van der Waals surface area (Å²) >= 11 is 0. The highest BCUT2D eigenvalue weighted by Crippen LogP contribution is 2.34. The fourth-order valence-electron chi connectivity index (χ4n) is 2.13. The van der Waals surface area contributed by atoms with Crippen molar-refractivity contribution in [1.82, 2.24) is 4.90 Å². The minimum Gasteiger partial charge on any atom is -0.335 e. The van der Waals surface area contributed by atoms with Gasteiger partial charge >= 0.3 is 0 Å². The zero-order valence-corrected chi connectivity index (χ0v) is 10.5. The van der Waals surface area contributed by atoms with Gasteiger partial charge in [-0.2, -0.15) is 0 Å². The van der Waals surface area contributed by atoms with Crippen LogP contribution in [0.5, 0.6) is 0 Å². The fourth-order valence-corrected chi connectivity index (χ4v) is 2.13. The molecule has 92 valence electrons. The normalized spacial score (nSPS) is 15.8. The zero-order valence-electron chi connectivity index (χ0n) is 10.5. The first-order valence-corrected chi connectivity index (χ1v) is 5.86. The maximum atomic E-state index is 13.7. The Bertz CT molecular complexity index is 537. The molecule has 0 radical (unpaired) electrons. The quantitative estimate of drug-likeness (QED) is 0.714. The topological polar surface area (TPSA) is 3.24 Å². The van der Waals surface area contributed by atoms with Gasteiger partial charge in [-0.25, -0.2) is 4.39 Å². The average Bonchev–Trinajstić information content (AvgIpc) is 2.37. The molecule has 0 N–H and O–H groups in total. The van der Waals surface area contributed by atoms with Crippen molar-refractivity contribution in [3.63, 3.8) is 0 Å². The molecular formula is C16H16FN. The molecule has 2 heteroatoms. The lowest BCUT2D eigenvalue weighted by Gasteiger charge is -2.32. The number of rotatable bonds is 3. The maximum absolute atomic E-state index is 13.7. The molecule has 1 aliphatic heterocycles. The summed E-state index contributed by atoms with van der Waals surface area (Å²) in [4.78, 5) is 1.85. The van der Waals surface area contributed by atoms with E-state index in [1.54, 1.807) is 6.08 Å². The lowest BCUT2D eigenvalue weighted by Crippen LogP contribution is -2.25. The molecular weight excluding hydrogens is 225 g/mol. The SMILES string of the molecule is C=CCN1C(=C)C(F)=CC(C)=C1c1ccccc1. The van der Waals surface area contributed by atoms with Crippen LogP contribution in [0.25, 0.3) is 5.70 Å². The monoisotopic (exact) mass is 241 g/mol. The third-order valence-corrected chi connectivity index (χ3v) is 2.95. The van der Waals surface area contributed by atoms with Gasteiger partial charge in [0.2, 0.25) is 0 Å². The van der Waals surface area contributed by atoms with E-state index in [0.29, 0.717) is 12.2 Å². The van der Waals surface area contributed by atoms with Crippen LogP contribution in [0.1, 0.15) is 12.5 Å². The van der Waals surface area contributed by atoms with E-state index in [9.17, 15) is 4.39 Å². The third-order valence-electron chi connectivity index (χ3n) is 2.95. The van der Waals surface area contributed by atoms with Gasteiger partial charge in [0.05, 0.1) is 11.4 Å². The minimum absolute atomic E-state index is 0.283. The van der Waals surface area contributed by atoms with Gasteiger partial charge in [-0.3, -0.25) is 0 Å². The molecule has 1 aliphatic rings. The van der Waals surface area contributed by atoms with Gasteiger partial charge < -0.3 is 4.90 Å². The van der Waals surface area contributed by atoms with Crippen molar-refractivity contribution in [3.8, 4) is 0 Å². The van der Waals surface area contributed by atoms with Crippen LogP contribution in [0, 0.1) is 0 Å². The zero-order chi connectivity index (χ0) is 13.1. The molecule has 0 saturated carbocycles. The van der Waals surface area contributed by atoms with Gasteiger partial charge in [-0.15, -0.1) is 6.58 Å². The number of hydrogen-bond acceptors (Lipinski definition) is 1. The van der Waals surface area contributed by atoms with E-state index >= 15 is 0 Å². The van der Waals surface area contributed by atoms with Crippen LogP contribution in [-0.2, 0) is 0 Å². The molecule has 1 heterocycles. The predicted molar refractivity (Wildman–Crippen MR) is 74.3 cm³/mol. The Morgan fingerprint density at radius 1 is 1.28 bits per heavy atom. The summed E-state index contributed by atoms with van der Waals surface area (Å²) in [6.07, 6.45) is 3.28. The Morgan fingerprint density at radius 2 is 1.94 bits per heavy atom. The molecule has 1 aromatic carbocycles. The molecule has 0 aliphatic carbocycles. The molecule has 1 aromatic rings. The van der Waals surface area contributed by atoms with Crippen molar-refractivity contribution in [1.29, 1.82) is 0 Å². The Labute approximate surface area is 107 Å². The van der Waals surface area contributed by atoms with Crippen LogP contribution in [0.2, 0.25) is 0 Å². The van der Waals surface area contributed by atoms with Gasteiger partial charge in [-0.05, 0) is 24.1 Å². The second kappa shape index (κ2) is 5.05. The van der Waals surface area contributed by atoms with Crippen LogP contribution in [-0.4, -0.2) is 11.4 Å². The molecule has 0 spiro atoms. The first-order chi connectivity index (χ1) is 8.65. The summed E-state index contributed by atoms with van der Waals surface area (Å²) in [5, 5.41) is 0. The van der Waals surface area contributed by atoms with E-state index < -0.39 is 0 Å². The number of benzene rings is 1. The first-order valence-electron chi connectivity index (χ1n) is 5.86. The summed E-state index contributed by atoms with van der Waals surface area (Å²) in [6, 6.07) is 9.93. The number of hydrogen-bond donors (Lipinski definition) is 0. The van der Waals surface area contributed by atoms with Crippen LogP contribution in [0.4, 0.5) is 4.39 Å². The standard InChI is InChI=1S/C16H16FN/c1-4-10-18-13(3)15(17)11-12(2)16(18)14-8-6-5-7-9-14/h4-9,11H,1,3,10H2,2H3. The first kappa shape index (κ1) is 12.4. The van der Waals surface area contributed by atoms with Crippen LogP contribution >= 0.6 is 0 Å². The van der Waals surface area contributed by atoms with E-state index in [1.165, 1.54) is 6.08 Å². The molecule has 0 atom stereocenters. The Hall–Kier alpha value is -2.09. The van der Waals surface area contributed by atoms with Crippen molar-refractivity contribution in [2.24, 2.45) is 0 Å². The van der Waals surface area contributed by atoms with Crippen LogP contribution in [0.3, 0.4) is 0 Å². The van der Waals surface area contributed by atoms with E-state index in [2.05, 4.69) is 13.2 Å². The summed E-state index contributed by atoms with van der Waals surface area (Å²) in [5.41, 5.74) is 3.33. The lowest BCUT2D eigenvalue weighted by molar-refractivity contribution is 0.491. The smallest absolute Gasteiger partial charge is 0.146 e. The van der Waals surface area contributed by atoms with Gasteiger partial charge in [0.1, 0.15) is 5.83 Å². The van der Waals surface area contributed by atoms with E-state index in [1.807, 2.05) is 42.2 Å². The molecule has 0 fully saturated rings. The number of nitrogens with zero attached hydrogens (tertiary/aromatic N) is 1. The largest absolute Gasteiger partial charge is 0.335 e. The molecule has 0 aromatic heterocycles. The third kappa shape index (κ3) is 2.14. The number of allylic oxidation sites excluding steroid dienone is 3. The van der Waals surface area contributed by atoms with E-state index in [0.717, 1.165) is 16.8 Å². The van der Waals surface area contributed by atoms with Gasteiger partial charge in [-0.1, -0.05) is 43.0 Å². The van der Waals surface area contributed by atoms with Crippen molar-refractivity contribution >= 4 is 5.70 Å². The second-order valence-electron chi connectivity index (χ2n) is 4.24. The van der Waals surface area contributed by atoms with Gasteiger partial charge in [0.25, 0.3) is 0 Å². The highest BCUT2D eigenvalue weighted by Gasteiger charge is 2.22. The van der Waals surface area contributed by atoms with Crippen molar-refractivity contribution in [2.45, 2.75) is 6.92 Å². The Morgan fingerprint density at radius 3 is 2.56 bits per heavy atom. The summed E-state index contributed by atoms with van der Waals surface area (Å²) in [6.45, 7) is 9.98. The van der Waals surface area contributed by atoms with E-state index in [-0.39, 0.29) is 5.83 Å².